The molecule has 4 nitrogen and oxygen atoms in total. The van der Waals surface area contributed by atoms with Gasteiger partial charge in [-0.05, 0) is 24.7 Å². The predicted molar refractivity (Wildman–Crippen MR) is 69.5 cm³/mol. The molecule has 2 rings (SSSR count). The molecule has 90 valence electrons. The molecule has 1 aliphatic rings. The molecule has 0 saturated heterocycles. The highest BCUT2D eigenvalue weighted by atomic mass is 32.2. The van der Waals surface area contributed by atoms with E-state index in [4.69, 9.17) is 10.00 Å². The monoisotopic (exact) mass is 268 g/mol. The van der Waals surface area contributed by atoms with Gasteiger partial charge in [-0.25, -0.2) is 4.79 Å². The number of hydrogen-bond acceptors (Lipinski definition) is 5. The van der Waals surface area contributed by atoms with Crippen LogP contribution in [0.2, 0.25) is 0 Å². The van der Waals surface area contributed by atoms with E-state index in [0.29, 0.717) is 17.2 Å². The molecule has 0 fully saturated rings. The highest BCUT2D eigenvalue weighted by Gasteiger charge is 2.22. The number of thiophene rings is 1. The summed E-state index contributed by atoms with van der Waals surface area (Å²) in [5, 5.41) is 12.4. The Labute approximate surface area is 108 Å². The van der Waals surface area contributed by atoms with E-state index in [2.05, 4.69) is 11.4 Å². The molecule has 0 atom stereocenters. The lowest BCUT2D eigenvalue weighted by molar-refractivity contribution is 0.168. The van der Waals surface area contributed by atoms with Crippen molar-refractivity contribution in [3.05, 3.63) is 16.0 Å². The van der Waals surface area contributed by atoms with E-state index in [0.717, 1.165) is 23.5 Å². The number of amides is 1. The summed E-state index contributed by atoms with van der Waals surface area (Å²) < 4.78 is 4.82. The second-order valence-corrected chi connectivity index (χ2v) is 5.68. The highest BCUT2D eigenvalue weighted by molar-refractivity contribution is 7.98. The van der Waals surface area contributed by atoms with Crippen molar-refractivity contribution in [1.29, 1.82) is 5.26 Å². The number of ether oxygens (including phenoxy) is 1. The Bertz CT molecular complexity index is 477. The van der Waals surface area contributed by atoms with Crippen molar-refractivity contribution in [1.82, 2.24) is 0 Å². The van der Waals surface area contributed by atoms with E-state index < -0.39 is 6.09 Å². The van der Waals surface area contributed by atoms with E-state index >= 15 is 0 Å². The molecule has 0 spiro atoms. The number of hydrogen-bond donors (Lipinski definition) is 1. The van der Waals surface area contributed by atoms with Crippen LogP contribution < -0.4 is 5.32 Å². The minimum atomic E-state index is -0.491. The van der Waals surface area contributed by atoms with Crippen LogP contribution >= 0.6 is 23.1 Å². The van der Waals surface area contributed by atoms with Gasteiger partial charge < -0.3 is 4.74 Å². The van der Waals surface area contributed by atoms with Crippen molar-refractivity contribution >= 4 is 34.2 Å². The van der Waals surface area contributed by atoms with Crippen LogP contribution in [0.3, 0.4) is 0 Å². The number of carbonyl (C=O) groups excluding carboxylic acids is 1. The van der Waals surface area contributed by atoms with Gasteiger partial charge in [0.05, 0.1) is 12.2 Å². The molecule has 1 N–H and O–H groups in total. The van der Waals surface area contributed by atoms with E-state index in [1.54, 1.807) is 6.92 Å². The van der Waals surface area contributed by atoms with Gasteiger partial charge in [0.25, 0.3) is 0 Å². The summed E-state index contributed by atoms with van der Waals surface area (Å²) in [5.41, 5.74) is 1.71. The molecule has 0 bridgehead atoms. The second kappa shape index (κ2) is 5.43. The van der Waals surface area contributed by atoms with Crippen LogP contribution in [0.4, 0.5) is 9.80 Å². The number of nitrogens with zero attached hydrogens (tertiary/aromatic N) is 1. The molecule has 0 saturated carbocycles. The maximum atomic E-state index is 11.4. The average Bonchev–Trinajstić information content (AvgIpc) is 2.66. The fourth-order valence-corrected chi connectivity index (χ4v) is 4.02. The molecular weight excluding hydrogens is 256 g/mol. The first kappa shape index (κ1) is 12.3. The van der Waals surface area contributed by atoms with E-state index in [1.165, 1.54) is 16.2 Å². The zero-order chi connectivity index (χ0) is 12.3. The quantitative estimate of drug-likeness (QED) is 0.895. The standard InChI is InChI=1S/C11H12N2O2S2/c1-2-15-11(14)13-10-8(5-12)7-3-4-16-6-9(7)17-10/h2-4,6H2,1H3,(H,13,14). The second-order valence-electron chi connectivity index (χ2n) is 3.47. The van der Waals surface area contributed by atoms with Gasteiger partial charge in [-0.15, -0.1) is 11.3 Å². The fourth-order valence-electron chi connectivity index (χ4n) is 1.70. The summed E-state index contributed by atoms with van der Waals surface area (Å²) in [4.78, 5) is 12.6. The van der Waals surface area contributed by atoms with E-state index in [9.17, 15) is 4.79 Å². The van der Waals surface area contributed by atoms with Gasteiger partial charge in [-0.3, -0.25) is 5.32 Å². The molecule has 0 radical (unpaired) electrons. The number of anilines is 1. The number of nitrogens with one attached hydrogen (secondary N) is 1. The van der Waals surface area contributed by atoms with Crippen LogP contribution in [0.5, 0.6) is 0 Å². The molecule has 0 unspecified atom stereocenters. The zero-order valence-electron chi connectivity index (χ0n) is 9.41. The molecule has 1 aromatic rings. The number of rotatable bonds is 2. The lowest BCUT2D eigenvalue weighted by Gasteiger charge is -2.09. The van der Waals surface area contributed by atoms with Gasteiger partial charge in [0.15, 0.2) is 0 Å². The Morgan fingerprint density at radius 1 is 1.65 bits per heavy atom. The topological polar surface area (TPSA) is 62.1 Å². The third-order valence-corrected chi connectivity index (χ3v) is 4.74. The molecule has 17 heavy (non-hydrogen) atoms. The number of carbonyl (C=O) groups is 1. The van der Waals surface area contributed by atoms with Gasteiger partial charge in [0, 0.05) is 10.6 Å². The van der Waals surface area contributed by atoms with E-state index in [1.807, 2.05) is 11.8 Å². The van der Waals surface area contributed by atoms with Crippen molar-refractivity contribution < 1.29 is 9.53 Å². The summed E-state index contributed by atoms with van der Waals surface area (Å²) in [7, 11) is 0. The van der Waals surface area contributed by atoms with Crippen LogP contribution in [-0.4, -0.2) is 18.5 Å². The lowest BCUT2D eigenvalue weighted by Crippen LogP contribution is -2.13. The van der Waals surface area contributed by atoms with Crippen molar-refractivity contribution in [2.75, 3.05) is 17.7 Å². The molecule has 1 aromatic heterocycles. The van der Waals surface area contributed by atoms with Crippen LogP contribution in [0.25, 0.3) is 0 Å². The van der Waals surface area contributed by atoms with Crippen LogP contribution in [-0.2, 0) is 16.9 Å². The van der Waals surface area contributed by atoms with Crippen molar-refractivity contribution in [3.8, 4) is 6.07 Å². The Kier molecular flexibility index (Phi) is 3.92. The van der Waals surface area contributed by atoms with Gasteiger partial charge in [0.2, 0.25) is 0 Å². The maximum Gasteiger partial charge on any atom is 0.412 e. The van der Waals surface area contributed by atoms with Crippen LogP contribution in [0.1, 0.15) is 22.9 Å². The highest BCUT2D eigenvalue weighted by Crippen LogP contribution is 2.38. The first-order chi connectivity index (χ1) is 8.26. The molecule has 6 heteroatoms. The SMILES string of the molecule is CCOC(=O)Nc1sc2c(c1C#N)CCSC2. The predicted octanol–water partition coefficient (Wildman–Crippen LogP) is 2.98. The minimum absolute atomic E-state index is 0.328. The molecule has 1 aliphatic heterocycles. The van der Waals surface area contributed by atoms with Gasteiger partial charge >= 0.3 is 6.09 Å². The smallest absolute Gasteiger partial charge is 0.412 e. The van der Waals surface area contributed by atoms with Crippen molar-refractivity contribution in [3.63, 3.8) is 0 Å². The Morgan fingerprint density at radius 2 is 2.47 bits per heavy atom. The summed E-state index contributed by atoms with van der Waals surface area (Å²) in [6, 6.07) is 2.18. The maximum absolute atomic E-state index is 11.4. The van der Waals surface area contributed by atoms with Crippen LogP contribution in [0, 0.1) is 11.3 Å². The average molecular weight is 268 g/mol. The molecular formula is C11H12N2O2S2. The van der Waals surface area contributed by atoms with E-state index in [-0.39, 0.29) is 0 Å². The van der Waals surface area contributed by atoms with Crippen molar-refractivity contribution in [2.24, 2.45) is 0 Å². The third kappa shape index (κ3) is 2.56. The van der Waals surface area contributed by atoms with Gasteiger partial charge in [0.1, 0.15) is 11.1 Å². The summed E-state index contributed by atoms with van der Waals surface area (Å²) in [5.74, 6) is 1.97. The molecule has 2 heterocycles. The van der Waals surface area contributed by atoms with Gasteiger partial charge in [-0.2, -0.15) is 17.0 Å². The first-order valence-electron chi connectivity index (χ1n) is 5.32. The summed E-state index contributed by atoms with van der Waals surface area (Å²) >= 11 is 3.34. The molecule has 0 aliphatic carbocycles. The first-order valence-corrected chi connectivity index (χ1v) is 7.29. The van der Waals surface area contributed by atoms with Crippen molar-refractivity contribution in [2.45, 2.75) is 19.1 Å². The lowest BCUT2D eigenvalue weighted by atomic mass is 10.1. The molecule has 1 amide bonds. The number of thioether (sulfide) groups is 1. The summed E-state index contributed by atoms with van der Waals surface area (Å²) in [6.45, 7) is 2.08. The van der Waals surface area contributed by atoms with Crippen LogP contribution in [0.15, 0.2) is 0 Å². The number of nitriles is 1. The normalized spacial score (nSPS) is 13.6. The fraction of sp³-hybridized carbons (Fsp3) is 0.455. The third-order valence-electron chi connectivity index (χ3n) is 2.42. The zero-order valence-corrected chi connectivity index (χ0v) is 11.0. The Hall–Kier alpha value is -1.19. The Morgan fingerprint density at radius 3 is 3.18 bits per heavy atom. The number of fused-ring (bicyclic) bond motifs is 1. The summed E-state index contributed by atoms with van der Waals surface area (Å²) in [6.07, 6.45) is 0.416. The molecule has 0 aromatic carbocycles. The largest absolute Gasteiger partial charge is 0.450 e. The Balaban J connectivity index is 2.25. The van der Waals surface area contributed by atoms with Gasteiger partial charge in [-0.1, -0.05) is 0 Å². The minimum Gasteiger partial charge on any atom is -0.450 e.